The molecule has 0 radical (unpaired) electrons. The van der Waals surface area contributed by atoms with Gasteiger partial charge in [-0.1, -0.05) is 60.7 Å². The van der Waals surface area contributed by atoms with Gasteiger partial charge in [0.2, 0.25) is 5.78 Å². The van der Waals surface area contributed by atoms with Crippen LogP contribution in [0.3, 0.4) is 0 Å². The van der Waals surface area contributed by atoms with Crippen LogP contribution < -0.4 is 4.74 Å². The molecule has 0 N–H and O–H groups in total. The molecular formula is C22H13IO3. The van der Waals surface area contributed by atoms with Crippen molar-refractivity contribution < 1.29 is 14.3 Å². The topological polar surface area (TPSA) is 43.4 Å². The number of hydrogen-bond acceptors (Lipinski definition) is 3. The highest BCUT2D eigenvalue weighted by molar-refractivity contribution is 14.1. The number of hydrogen-bond donors (Lipinski definition) is 0. The second-order valence-corrected chi connectivity index (χ2v) is 6.99. The minimum Gasteiger partial charge on any atom is -0.452 e. The zero-order chi connectivity index (χ0) is 18.1. The highest BCUT2D eigenvalue weighted by atomic mass is 127. The third-order valence-electron chi connectivity index (χ3n) is 4.19. The molecule has 4 rings (SSSR count). The van der Waals surface area contributed by atoms with Crippen molar-refractivity contribution in [2.45, 2.75) is 0 Å². The first-order valence-corrected chi connectivity index (χ1v) is 9.14. The lowest BCUT2D eigenvalue weighted by atomic mass is 9.93. The molecule has 0 bridgehead atoms. The van der Waals surface area contributed by atoms with Gasteiger partial charge in [-0.25, -0.2) is 0 Å². The van der Waals surface area contributed by atoms with Crippen LogP contribution in [0.2, 0.25) is 0 Å². The van der Waals surface area contributed by atoms with E-state index in [1.807, 2.05) is 42.5 Å². The van der Waals surface area contributed by atoms with Crippen LogP contribution in [0.5, 0.6) is 5.75 Å². The maximum atomic E-state index is 12.7. The van der Waals surface area contributed by atoms with E-state index < -0.39 is 0 Å². The number of carbonyl (C=O) groups excluding carboxylic acids is 2. The molecule has 0 spiro atoms. The average molecular weight is 452 g/mol. The summed E-state index contributed by atoms with van der Waals surface area (Å²) in [6.07, 6.45) is 1.28. The highest BCUT2D eigenvalue weighted by Crippen LogP contribution is 2.35. The summed E-state index contributed by atoms with van der Waals surface area (Å²) >= 11 is 2.27. The summed E-state index contributed by atoms with van der Waals surface area (Å²) in [5.41, 5.74) is 2.68. The van der Waals surface area contributed by atoms with Crippen molar-refractivity contribution in [3.8, 4) is 16.9 Å². The van der Waals surface area contributed by atoms with E-state index in [0.29, 0.717) is 16.9 Å². The van der Waals surface area contributed by atoms with Gasteiger partial charge in [-0.2, -0.15) is 0 Å². The lowest BCUT2D eigenvalue weighted by Crippen LogP contribution is -2.20. The average Bonchev–Trinajstić information content (AvgIpc) is 2.67. The monoisotopic (exact) mass is 452 g/mol. The largest absolute Gasteiger partial charge is 0.452 e. The van der Waals surface area contributed by atoms with Crippen LogP contribution in [0.4, 0.5) is 0 Å². The molecule has 0 aliphatic heterocycles. The molecule has 0 saturated carbocycles. The lowest BCUT2D eigenvalue weighted by Gasteiger charge is -2.17. The molecular weight excluding hydrogens is 439 g/mol. The summed E-state index contributed by atoms with van der Waals surface area (Å²) in [7, 11) is 0. The van der Waals surface area contributed by atoms with E-state index in [1.165, 1.54) is 6.08 Å². The van der Waals surface area contributed by atoms with Crippen LogP contribution in [-0.4, -0.2) is 11.6 Å². The maximum absolute atomic E-state index is 12.7. The molecule has 0 saturated heterocycles. The maximum Gasteiger partial charge on any atom is 0.229 e. The number of Topliss-reactive ketones (excluding diaryl/α,β-unsaturated/α-hetero) is 1. The molecule has 126 valence electrons. The normalized spacial score (nSPS) is 13.2. The number of carbonyl (C=O) groups is 2. The van der Waals surface area contributed by atoms with Gasteiger partial charge in [-0.15, -0.1) is 0 Å². The molecule has 0 atom stereocenters. The van der Waals surface area contributed by atoms with Crippen molar-refractivity contribution in [3.63, 3.8) is 0 Å². The molecule has 0 aromatic heterocycles. The van der Waals surface area contributed by atoms with Crippen LogP contribution >= 0.6 is 22.6 Å². The molecule has 0 amide bonds. The van der Waals surface area contributed by atoms with E-state index in [-0.39, 0.29) is 17.3 Å². The van der Waals surface area contributed by atoms with Crippen LogP contribution in [0, 0.1) is 3.57 Å². The van der Waals surface area contributed by atoms with Crippen molar-refractivity contribution in [3.05, 3.63) is 99.3 Å². The summed E-state index contributed by atoms with van der Waals surface area (Å²) in [4.78, 5) is 25.1. The second-order valence-electron chi connectivity index (χ2n) is 5.83. The molecule has 3 aromatic rings. The van der Waals surface area contributed by atoms with Crippen LogP contribution in [0.15, 0.2) is 84.6 Å². The number of allylic oxidation sites excluding steroid dienone is 2. The zero-order valence-corrected chi connectivity index (χ0v) is 15.8. The number of fused-ring (bicyclic) bond motifs is 1. The Labute approximate surface area is 164 Å². The van der Waals surface area contributed by atoms with Crippen molar-refractivity contribution in [2.24, 2.45) is 0 Å². The Morgan fingerprint density at radius 3 is 1.96 bits per heavy atom. The van der Waals surface area contributed by atoms with E-state index in [9.17, 15) is 9.59 Å². The first-order chi connectivity index (χ1) is 12.6. The Kier molecular flexibility index (Phi) is 4.42. The third-order valence-corrected chi connectivity index (χ3v) is 5.13. The van der Waals surface area contributed by atoms with Gasteiger partial charge in [0.1, 0.15) is 5.75 Å². The summed E-state index contributed by atoms with van der Waals surface area (Å²) < 4.78 is 7.00. The SMILES string of the molecule is O=C1C=C(Oc2ccccc2-c2ccccc2I)C(=O)c2ccccc21. The minimum absolute atomic E-state index is 0.0482. The summed E-state index contributed by atoms with van der Waals surface area (Å²) in [6.45, 7) is 0. The summed E-state index contributed by atoms with van der Waals surface area (Å²) in [5.74, 6) is 0.0928. The van der Waals surface area contributed by atoms with Gasteiger partial charge in [0.15, 0.2) is 11.5 Å². The number of benzene rings is 3. The van der Waals surface area contributed by atoms with Crippen LogP contribution in [-0.2, 0) is 0 Å². The molecule has 0 fully saturated rings. The van der Waals surface area contributed by atoms with Gasteiger partial charge >= 0.3 is 0 Å². The summed E-state index contributed by atoms with van der Waals surface area (Å²) in [5, 5.41) is 0. The minimum atomic E-state index is -0.280. The predicted octanol–water partition coefficient (Wildman–Crippen LogP) is 5.30. The van der Waals surface area contributed by atoms with E-state index in [2.05, 4.69) is 22.6 Å². The Morgan fingerprint density at radius 2 is 1.23 bits per heavy atom. The molecule has 4 heteroatoms. The van der Waals surface area contributed by atoms with Crippen LogP contribution in [0.1, 0.15) is 20.7 Å². The van der Waals surface area contributed by atoms with Crippen molar-refractivity contribution in [2.75, 3.05) is 0 Å². The first kappa shape index (κ1) is 16.7. The Morgan fingerprint density at radius 1 is 0.654 bits per heavy atom. The molecule has 1 aliphatic carbocycles. The number of halogens is 1. The van der Waals surface area contributed by atoms with E-state index in [0.717, 1.165) is 14.7 Å². The van der Waals surface area contributed by atoms with Crippen molar-refractivity contribution in [1.29, 1.82) is 0 Å². The van der Waals surface area contributed by atoms with Gasteiger partial charge in [-0.3, -0.25) is 9.59 Å². The zero-order valence-electron chi connectivity index (χ0n) is 13.6. The smallest absolute Gasteiger partial charge is 0.229 e. The van der Waals surface area contributed by atoms with Gasteiger partial charge in [0.05, 0.1) is 0 Å². The van der Waals surface area contributed by atoms with Gasteiger partial charge in [-0.05, 0) is 40.3 Å². The first-order valence-electron chi connectivity index (χ1n) is 8.06. The number of rotatable bonds is 3. The lowest BCUT2D eigenvalue weighted by molar-refractivity contribution is 0.0947. The number of ketones is 2. The summed E-state index contributed by atoms with van der Waals surface area (Å²) in [6, 6.07) is 22.2. The fraction of sp³-hybridized carbons (Fsp3) is 0. The molecule has 26 heavy (non-hydrogen) atoms. The van der Waals surface area contributed by atoms with Crippen LogP contribution in [0.25, 0.3) is 11.1 Å². The predicted molar refractivity (Wildman–Crippen MR) is 108 cm³/mol. The van der Waals surface area contributed by atoms with E-state index >= 15 is 0 Å². The van der Waals surface area contributed by atoms with Gasteiger partial charge in [0, 0.05) is 26.3 Å². The van der Waals surface area contributed by atoms with Crippen molar-refractivity contribution in [1.82, 2.24) is 0 Å². The Bertz CT molecular complexity index is 1070. The molecule has 1 aliphatic rings. The van der Waals surface area contributed by atoms with Gasteiger partial charge < -0.3 is 4.74 Å². The third kappa shape index (κ3) is 2.97. The molecule has 0 unspecified atom stereocenters. The molecule has 3 nitrogen and oxygen atoms in total. The van der Waals surface area contributed by atoms with E-state index in [4.69, 9.17) is 4.74 Å². The standard InChI is InChI=1S/C22H13IO3/c23-18-11-5-3-7-14(18)16-9-4-6-12-20(16)26-21-13-19(24)15-8-1-2-10-17(15)22(21)25/h1-13H. The fourth-order valence-corrected chi connectivity index (χ4v) is 3.62. The number of ether oxygens (including phenoxy) is 1. The molecule has 0 heterocycles. The van der Waals surface area contributed by atoms with Crippen molar-refractivity contribution >= 4 is 34.2 Å². The number of para-hydroxylation sites is 1. The second kappa shape index (κ2) is 6.88. The van der Waals surface area contributed by atoms with E-state index in [1.54, 1.807) is 30.3 Å². The molecule has 3 aromatic carbocycles. The quantitative estimate of drug-likeness (QED) is 0.507. The fourth-order valence-electron chi connectivity index (χ4n) is 2.94. The Balaban J connectivity index is 1.75. The highest BCUT2D eigenvalue weighted by Gasteiger charge is 2.27. The Hall–Kier alpha value is -2.73. The van der Waals surface area contributed by atoms with Gasteiger partial charge in [0.25, 0.3) is 0 Å².